The molecule has 2 aromatic carbocycles. The molecule has 0 aliphatic carbocycles. The summed E-state index contributed by atoms with van der Waals surface area (Å²) in [7, 11) is 1.69. The van der Waals surface area contributed by atoms with E-state index in [1.165, 1.54) is 29.9 Å². The summed E-state index contributed by atoms with van der Waals surface area (Å²) in [4.78, 5) is 13.3. The maximum Gasteiger partial charge on any atom is 0.415 e. The predicted molar refractivity (Wildman–Crippen MR) is 105 cm³/mol. The molecule has 5 nitrogen and oxygen atoms in total. The van der Waals surface area contributed by atoms with Crippen LogP contribution in [0.5, 0.6) is 0 Å². The summed E-state index contributed by atoms with van der Waals surface area (Å²) >= 11 is 0. The van der Waals surface area contributed by atoms with Gasteiger partial charge in [0, 0.05) is 25.5 Å². The van der Waals surface area contributed by atoms with Crippen LogP contribution >= 0.6 is 0 Å². The van der Waals surface area contributed by atoms with Crippen molar-refractivity contribution in [3.63, 3.8) is 0 Å². The van der Waals surface area contributed by atoms with Crippen molar-refractivity contribution in [2.24, 2.45) is 0 Å². The molecule has 2 aliphatic rings. The van der Waals surface area contributed by atoms with Gasteiger partial charge in [0.15, 0.2) is 6.29 Å². The lowest BCUT2D eigenvalue weighted by molar-refractivity contribution is -0.145. The molecule has 0 bridgehead atoms. The van der Waals surface area contributed by atoms with E-state index in [2.05, 4.69) is 0 Å². The molecule has 2 aromatic rings. The summed E-state index contributed by atoms with van der Waals surface area (Å²) in [6.45, 7) is 2.87. The molecule has 0 aromatic heterocycles. The number of amides is 1. The lowest BCUT2D eigenvalue weighted by Crippen LogP contribution is -2.27. The Kier molecular flexibility index (Phi) is 7.17. The molecule has 29 heavy (non-hydrogen) atoms. The predicted octanol–water partition coefficient (Wildman–Crippen LogP) is 5.13. The summed E-state index contributed by atoms with van der Waals surface area (Å²) in [6.07, 6.45) is 3.08. The molecule has 2 saturated heterocycles. The molecule has 2 heterocycles. The number of halogens is 2. The number of aryl methyl sites for hydroxylation is 1. The molecule has 0 radical (unpaired) electrons. The van der Waals surface area contributed by atoms with Gasteiger partial charge in [-0.05, 0) is 56.0 Å². The number of anilines is 1. The molecular weight excluding hydrogens is 380 g/mol. The van der Waals surface area contributed by atoms with Gasteiger partial charge in [0.1, 0.15) is 18.2 Å². The van der Waals surface area contributed by atoms with Crippen molar-refractivity contribution in [1.82, 2.24) is 0 Å². The van der Waals surface area contributed by atoms with Crippen molar-refractivity contribution >= 4 is 11.8 Å². The van der Waals surface area contributed by atoms with Crippen molar-refractivity contribution in [2.75, 3.05) is 25.2 Å². The van der Waals surface area contributed by atoms with Gasteiger partial charge in [0.25, 0.3) is 0 Å². The van der Waals surface area contributed by atoms with E-state index in [0.29, 0.717) is 11.3 Å². The van der Waals surface area contributed by atoms with Gasteiger partial charge in [-0.25, -0.2) is 13.6 Å². The zero-order valence-corrected chi connectivity index (χ0v) is 16.6. The maximum atomic E-state index is 13.4. The molecule has 156 valence electrons. The Bertz CT molecular complexity index is 802. The highest BCUT2D eigenvalue weighted by Gasteiger charge is 2.35. The average Bonchev–Trinajstić information content (AvgIpc) is 3.10. The lowest BCUT2D eigenvalue weighted by atomic mass is 10.1. The number of rotatable bonds is 3. The quantitative estimate of drug-likeness (QED) is 0.710. The fourth-order valence-corrected chi connectivity index (χ4v) is 3.32. The third-order valence-electron chi connectivity index (χ3n) is 4.86. The Labute approximate surface area is 169 Å². The van der Waals surface area contributed by atoms with Crippen LogP contribution in [0, 0.1) is 18.6 Å². The molecular formula is C22H25F2NO4. The number of ether oxygens (including phenoxy) is 3. The number of nitrogens with zero attached hydrogens (tertiary/aromatic N) is 1. The zero-order chi connectivity index (χ0) is 20.8. The summed E-state index contributed by atoms with van der Waals surface area (Å²) < 4.78 is 42.0. The Hall–Kier alpha value is -2.51. The zero-order valence-electron chi connectivity index (χ0n) is 16.6. The van der Waals surface area contributed by atoms with E-state index in [4.69, 9.17) is 14.2 Å². The highest BCUT2D eigenvalue weighted by molar-refractivity contribution is 5.90. The van der Waals surface area contributed by atoms with Crippen LogP contribution in [-0.2, 0) is 14.2 Å². The molecule has 0 spiro atoms. The first-order valence-electron chi connectivity index (χ1n) is 9.61. The summed E-state index contributed by atoms with van der Waals surface area (Å²) in [6, 6.07) is 10.00. The number of methoxy groups -OCH3 is 1. The Morgan fingerprint density at radius 2 is 1.76 bits per heavy atom. The number of cyclic esters (lactones) is 1. The topological polar surface area (TPSA) is 48.0 Å². The maximum absolute atomic E-state index is 13.4. The Morgan fingerprint density at radius 1 is 1.07 bits per heavy atom. The minimum Gasteiger partial charge on any atom is -0.447 e. The number of hydrogen-bond acceptors (Lipinski definition) is 4. The highest BCUT2D eigenvalue weighted by atomic mass is 19.1. The number of hydrogen-bond donors (Lipinski definition) is 0. The van der Waals surface area contributed by atoms with Gasteiger partial charge in [0.05, 0.1) is 6.04 Å². The second-order valence-corrected chi connectivity index (χ2v) is 7.03. The molecule has 7 heteroatoms. The minimum atomic E-state index is -0.673. The first-order valence-corrected chi connectivity index (χ1v) is 9.61. The Morgan fingerprint density at radius 3 is 2.31 bits per heavy atom. The van der Waals surface area contributed by atoms with Crippen molar-refractivity contribution in [3.8, 4) is 0 Å². The van der Waals surface area contributed by atoms with Gasteiger partial charge < -0.3 is 14.2 Å². The van der Waals surface area contributed by atoms with Crippen molar-refractivity contribution < 1.29 is 27.8 Å². The number of carbonyl (C=O) groups is 1. The lowest BCUT2D eigenvalue weighted by Gasteiger charge is -2.22. The molecule has 2 atom stereocenters. The van der Waals surface area contributed by atoms with Crippen LogP contribution in [0.3, 0.4) is 0 Å². The van der Waals surface area contributed by atoms with Gasteiger partial charge in [-0.2, -0.15) is 0 Å². The third-order valence-corrected chi connectivity index (χ3v) is 4.86. The van der Waals surface area contributed by atoms with Gasteiger partial charge in [-0.1, -0.05) is 17.7 Å². The molecule has 0 N–H and O–H groups in total. The molecule has 4 rings (SSSR count). The molecule has 0 saturated carbocycles. The molecule has 1 amide bonds. The van der Waals surface area contributed by atoms with E-state index in [0.717, 1.165) is 24.7 Å². The highest BCUT2D eigenvalue weighted by Crippen LogP contribution is 2.33. The Balaban J connectivity index is 0.000000252. The van der Waals surface area contributed by atoms with Crippen LogP contribution in [0.2, 0.25) is 0 Å². The monoisotopic (exact) mass is 405 g/mol. The van der Waals surface area contributed by atoms with Crippen LogP contribution < -0.4 is 4.90 Å². The fraction of sp³-hybridized carbons (Fsp3) is 0.409. The van der Waals surface area contributed by atoms with Crippen LogP contribution in [0.25, 0.3) is 0 Å². The van der Waals surface area contributed by atoms with Gasteiger partial charge in [-0.15, -0.1) is 0 Å². The summed E-state index contributed by atoms with van der Waals surface area (Å²) in [5, 5.41) is 0. The van der Waals surface area contributed by atoms with Crippen LogP contribution in [0.4, 0.5) is 19.3 Å². The van der Waals surface area contributed by atoms with Crippen LogP contribution in [-0.4, -0.2) is 32.7 Å². The van der Waals surface area contributed by atoms with Gasteiger partial charge >= 0.3 is 6.09 Å². The molecule has 2 fully saturated rings. The van der Waals surface area contributed by atoms with E-state index in [-0.39, 0.29) is 12.9 Å². The molecule has 2 aliphatic heterocycles. The van der Waals surface area contributed by atoms with E-state index in [9.17, 15) is 13.6 Å². The third kappa shape index (κ3) is 5.52. The van der Waals surface area contributed by atoms with Gasteiger partial charge in [-0.3, -0.25) is 4.90 Å². The smallest absolute Gasteiger partial charge is 0.415 e. The minimum absolute atomic E-state index is 0.0651. The number of benzene rings is 2. The largest absolute Gasteiger partial charge is 0.447 e. The van der Waals surface area contributed by atoms with E-state index >= 15 is 0 Å². The van der Waals surface area contributed by atoms with Crippen molar-refractivity contribution in [2.45, 2.75) is 38.5 Å². The van der Waals surface area contributed by atoms with Crippen LogP contribution in [0.1, 0.15) is 36.4 Å². The second-order valence-electron chi connectivity index (χ2n) is 7.03. The van der Waals surface area contributed by atoms with Gasteiger partial charge in [0.2, 0.25) is 0 Å². The first-order chi connectivity index (χ1) is 14.0. The summed E-state index contributed by atoms with van der Waals surface area (Å²) in [5.41, 5.74) is 2.07. The number of carbonyl (C=O) groups excluding carboxylic acids is 1. The standard InChI is InChI=1S/C16H13F2NO2.C6H12O2/c1-10-2-4-14(5-3-10)19-15(9-21-16(19)20)11-6-12(17)8-13(18)7-11;1-7-6-4-2-3-5-8-6/h2-8,15H,9H2,1H3;6H,2-5H2,1H3/t15-;/m1./s1. The molecule has 1 unspecified atom stereocenters. The fourth-order valence-electron chi connectivity index (χ4n) is 3.32. The van der Waals surface area contributed by atoms with Crippen molar-refractivity contribution in [3.05, 3.63) is 65.2 Å². The SMILES string of the molecule is COC1CCCCO1.Cc1ccc(N2C(=O)OC[C@@H]2c2cc(F)cc(F)c2)cc1. The van der Waals surface area contributed by atoms with E-state index in [1.54, 1.807) is 19.2 Å². The first kappa shape index (κ1) is 21.2. The van der Waals surface area contributed by atoms with E-state index < -0.39 is 23.8 Å². The summed E-state index contributed by atoms with van der Waals surface area (Å²) in [5.74, 6) is -1.35. The van der Waals surface area contributed by atoms with Crippen LogP contribution in [0.15, 0.2) is 42.5 Å². The normalized spacial score (nSPS) is 21.4. The average molecular weight is 405 g/mol. The van der Waals surface area contributed by atoms with E-state index in [1.807, 2.05) is 19.1 Å². The van der Waals surface area contributed by atoms with Crippen molar-refractivity contribution in [1.29, 1.82) is 0 Å². The second kappa shape index (κ2) is 9.80.